The van der Waals surface area contributed by atoms with Gasteiger partial charge in [0.1, 0.15) is 23.7 Å². The Labute approximate surface area is 309 Å². The quantitative estimate of drug-likeness (QED) is 0.196. The molecule has 0 saturated carbocycles. The van der Waals surface area contributed by atoms with Crippen LogP contribution in [0.5, 0.6) is 0 Å². The van der Waals surface area contributed by atoms with Gasteiger partial charge in [-0.15, -0.1) is 0 Å². The maximum absolute atomic E-state index is 14.3. The number of ether oxygens (including phenoxy) is 4. The van der Waals surface area contributed by atoms with Crippen LogP contribution in [0.25, 0.3) is 17.0 Å². The van der Waals surface area contributed by atoms with Crippen LogP contribution in [-0.4, -0.2) is 118 Å². The number of hydrogen-bond acceptors (Lipinski definition) is 11. The van der Waals surface area contributed by atoms with Crippen molar-refractivity contribution in [2.75, 3.05) is 20.7 Å². The van der Waals surface area contributed by atoms with E-state index in [0.29, 0.717) is 6.42 Å². The van der Waals surface area contributed by atoms with E-state index in [1.807, 2.05) is 82.4 Å². The Bertz CT molecular complexity index is 1530. The van der Waals surface area contributed by atoms with Gasteiger partial charge < -0.3 is 49.9 Å². The summed E-state index contributed by atoms with van der Waals surface area (Å²) in [5.41, 5.74) is 5.78. The molecule has 1 aromatic carbocycles. The number of fused-ring (bicyclic) bond motifs is 1. The molecule has 2 fully saturated rings. The third-order valence-electron chi connectivity index (χ3n) is 11.6. The number of nitrogens with two attached hydrogens (primary N) is 1. The summed E-state index contributed by atoms with van der Waals surface area (Å²) in [4.78, 5) is 33.1. The zero-order chi connectivity index (χ0) is 38.7. The highest BCUT2D eigenvalue weighted by Gasteiger charge is 2.52. The van der Waals surface area contributed by atoms with Crippen molar-refractivity contribution in [3.63, 3.8) is 0 Å². The minimum absolute atomic E-state index is 0.131. The molecule has 0 unspecified atom stereocenters. The summed E-state index contributed by atoms with van der Waals surface area (Å²) in [7, 11) is 3.77. The number of aliphatic hydroxyl groups excluding tert-OH is 2. The number of hydrogen-bond donors (Lipinski definition) is 5. The van der Waals surface area contributed by atoms with Crippen molar-refractivity contribution in [2.45, 2.75) is 135 Å². The van der Waals surface area contributed by atoms with Gasteiger partial charge in [-0.25, -0.2) is 0 Å². The van der Waals surface area contributed by atoms with Gasteiger partial charge in [0.05, 0.1) is 30.5 Å². The summed E-state index contributed by atoms with van der Waals surface area (Å²) in [5, 5.41) is 35.7. The molecule has 2 aliphatic heterocycles. The number of nitrogens with zero attached hydrogens (tertiary/aromatic N) is 1. The molecule has 1 aromatic heterocycles. The topological polar surface area (TPSA) is 177 Å². The van der Waals surface area contributed by atoms with Gasteiger partial charge in [0.15, 0.2) is 12.1 Å². The molecule has 0 amide bonds. The van der Waals surface area contributed by atoms with Gasteiger partial charge in [-0.2, -0.15) is 0 Å². The average molecular weight is 730 g/mol. The highest BCUT2D eigenvalue weighted by Crippen LogP contribution is 2.39. The lowest BCUT2D eigenvalue weighted by molar-refractivity contribution is -0.297. The summed E-state index contributed by atoms with van der Waals surface area (Å²) >= 11 is 0. The second kappa shape index (κ2) is 17.2. The van der Waals surface area contributed by atoms with Crippen molar-refractivity contribution < 1.29 is 43.9 Å². The van der Waals surface area contributed by atoms with Crippen LogP contribution in [0.4, 0.5) is 0 Å². The van der Waals surface area contributed by atoms with Crippen LogP contribution in [-0.2, 0) is 28.5 Å². The molecule has 4 rings (SSSR count). The molecule has 2 aliphatic rings. The molecular formula is C40H63N3O9. The summed E-state index contributed by atoms with van der Waals surface area (Å²) in [6, 6.07) is 7.06. The number of H-pyrrole nitrogens is 1. The van der Waals surface area contributed by atoms with Crippen molar-refractivity contribution in [3.8, 4) is 0 Å². The fourth-order valence-corrected chi connectivity index (χ4v) is 8.24. The minimum atomic E-state index is -1.84. The van der Waals surface area contributed by atoms with Crippen LogP contribution in [0.3, 0.4) is 0 Å². The predicted molar refractivity (Wildman–Crippen MR) is 200 cm³/mol. The Balaban J connectivity index is 1.78. The highest BCUT2D eigenvalue weighted by atomic mass is 16.7. The first-order valence-electron chi connectivity index (χ1n) is 18.8. The number of rotatable bonds is 8. The van der Waals surface area contributed by atoms with Gasteiger partial charge in [0, 0.05) is 41.0 Å². The second-order valence-electron chi connectivity index (χ2n) is 16.0. The average Bonchev–Trinajstić information content (AvgIpc) is 3.52. The number of aromatic nitrogens is 1. The van der Waals surface area contributed by atoms with Crippen molar-refractivity contribution in [2.24, 2.45) is 29.4 Å². The molecule has 0 spiro atoms. The molecule has 2 saturated heterocycles. The standard InChI is InChI=1S/C40H63N3O9/c1-11-31-40(8,48)35(46)24(4)32(41)22(2)20-39(7,49-18-14-15-27-21-42-29-17-13-12-16-28(27)29)36(25(5)33(44)26(6)37(47)51-31)52-38-34(45)30(43(9)10)19-23(3)50-38/h12-17,21-26,30-32,34-36,38,42,45-46,48H,11,18-20,41H2,1-10H3/b15-14+/t22-,23-,24+,25+,26-,30+,31-,32+,34-,35-,36-,38+,39+,40-/m1/s1. The molecular weight excluding hydrogens is 666 g/mol. The van der Waals surface area contributed by atoms with E-state index in [1.54, 1.807) is 20.8 Å². The van der Waals surface area contributed by atoms with Crippen LogP contribution < -0.4 is 5.73 Å². The van der Waals surface area contributed by atoms with E-state index < -0.39 is 77.5 Å². The Kier molecular flexibility index (Phi) is 13.9. The number of para-hydroxylation sites is 1. The third kappa shape index (κ3) is 8.98. The van der Waals surface area contributed by atoms with Crippen LogP contribution >= 0.6 is 0 Å². The van der Waals surface area contributed by atoms with Crippen LogP contribution in [0.15, 0.2) is 36.5 Å². The summed E-state index contributed by atoms with van der Waals surface area (Å²) in [5.74, 6) is -4.42. The van der Waals surface area contributed by atoms with Gasteiger partial charge in [-0.05, 0) is 78.6 Å². The molecule has 12 heteroatoms. The van der Waals surface area contributed by atoms with Gasteiger partial charge >= 0.3 is 5.97 Å². The van der Waals surface area contributed by atoms with E-state index in [-0.39, 0.29) is 37.5 Å². The molecule has 0 bridgehead atoms. The molecule has 2 aromatic rings. The fraction of sp³-hybridized carbons (Fsp3) is 0.700. The second-order valence-corrected chi connectivity index (χ2v) is 16.0. The van der Waals surface area contributed by atoms with Crippen molar-refractivity contribution >= 4 is 28.7 Å². The van der Waals surface area contributed by atoms with E-state index in [4.69, 9.17) is 24.7 Å². The zero-order valence-corrected chi connectivity index (χ0v) is 32.6. The molecule has 0 aliphatic carbocycles. The Morgan fingerprint density at radius 1 is 1.10 bits per heavy atom. The van der Waals surface area contributed by atoms with E-state index in [1.165, 1.54) is 13.8 Å². The van der Waals surface area contributed by atoms with Gasteiger partial charge in [-0.1, -0.05) is 58.0 Å². The van der Waals surface area contributed by atoms with Crippen LogP contribution in [0.1, 0.15) is 80.2 Å². The largest absolute Gasteiger partial charge is 0.459 e. The van der Waals surface area contributed by atoms with E-state index >= 15 is 0 Å². The molecule has 0 radical (unpaired) electrons. The molecule has 292 valence electrons. The van der Waals surface area contributed by atoms with E-state index in [9.17, 15) is 24.9 Å². The van der Waals surface area contributed by atoms with Crippen molar-refractivity contribution in [1.82, 2.24) is 9.88 Å². The smallest absolute Gasteiger partial charge is 0.316 e. The number of likely N-dealkylation sites (N-methyl/N-ethyl adjacent to an activating group) is 1. The lowest BCUT2D eigenvalue weighted by Crippen LogP contribution is -2.61. The molecule has 3 heterocycles. The maximum atomic E-state index is 14.3. The van der Waals surface area contributed by atoms with Gasteiger partial charge in [0.25, 0.3) is 0 Å². The number of Topliss-reactive ketones (excluding diaryl/α,β-unsaturated/α-hetero) is 1. The minimum Gasteiger partial charge on any atom is -0.459 e. The van der Waals surface area contributed by atoms with Crippen molar-refractivity contribution in [3.05, 3.63) is 42.1 Å². The SMILES string of the molecule is CC[C@H]1OC(=O)[C@H](C)C(=O)[C@H](C)[C@@H](O[C@@H]2O[C@H](C)C[C@H](N(C)C)[C@H]2O)[C@@](C)(OC/C=C/c2c[nH]c3ccccc23)C[C@@H](C)[C@H](N)[C@H](C)[C@@H](O)[C@]1(C)O. The fourth-order valence-electron chi connectivity index (χ4n) is 8.24. The highest BCUT2D eigenvalue weighted by molar-refractivity contribution is 6.00. The number of benzene rings is 1. The summed E-state index contributed by atoms with van der Waals surface area (Å²) in [6.07, 6.45) is 0.963. The number of nitrogens with one attached hydrogen (secondary N) is 1. The predicted octanol–water partition coefficient (Wildman–Crippen LogP) is 4.05. The van der Waals surface area contributed by atoms with Crippen molar-refractivity contribution in [1.29, 1.82) is 0 Å². The number of carbonyl (C=O) groups excluding carboxylic acids is 2. The summed E-state index contributed by atoms with van der Waals surface area (Å²) < 4.78 is 25.5. The first-order chi connectivity index (χ1) is 24.3. The zero-order valence-electron chi connectivity index (χ0n) is 32.6. The van der Waals surface area contributed by atoms with E-state index in [0.717, 1.165) is 16.5 Å². The third-order valence-corrected chi connectivity index (χ3v) is 11.6. The number of esters is 1. The normalized spacial score (nSPS) is 40.3. The number of carbonyl (C=O) groups is 2. The first kappa shape index (κ1) is 42.1. The van der Waals surface area contributed by atoms with Crippen LogP contribution in [0, 0.1) is 23.7 Å². The summed E-state index contributed by atoms with van der Waals surface area (Å²) in [6.45, 7) is 13.9. The molecule has 14 atom stereocenters. The molecule has 6 N–H and O–H groups in total. The number of aliphatic hydroxyl groups is 3. The Morgan fingerprint density at radius 3 is 2.42 bits per heavy atom. The first-order valence-corrected chi connectivity index (χ1v) is 18.8. The van der Waals surface area contributed by atoms with Gasteiger partial charge in [0.2, 0.25) is 0 Å². The van der Waals surface area contributed by atoms with Crippen LogP contribution in [0.2, 0.25) is 0 Å². The molecule has 12 nitrogen and oxygen atoms in total. The lowest BCUT2D eigenvalue weighted by Gasteiger charge is -2.48. The lowest BCUT2D eigenvalue weighted by atomic mass is 9.73. The Morgan fingerprint density at radius 2 is 1.77 bits per heavy atom. The monoisotopic (exact) mass is 729 g/mol. The molecule has 52 heavy (non-hydrogen) atoms. The number of ketones is 1. The number of cyclic esters (lactones) is 1. The number of aromatic amines is 1. The Hall–Kier alpha value is -2.68. The maximum Gasteiger partial charge on any atom is 0.316 e. The van der Waals surface area contributed by atoms with E-state index in [2.05, 4.69) is 4.98 Å². The van der Waals surface area contributed by atoms with Gasteiger partial charge in [-0.3, -0.25) is 9.59 Å².